The number of nitrogens with one attached hydrogen (secondary N) is 2. The summed E-state index contributed by atoms with van der Waals surface area (Å²) >= 11 is 0. The first-order valence-corrected chi connectivity index (χ1v) is 8.67. The molecule has 0 radical (unpaired) electrons. The molecule has 4 nitrogen and oxygen atoms in total. The van der Waals surface area contributed by atoms with E-state index in [2.05, 4.69) is 10.6 Å². The average Bonchev–Trinajstić information content (AvgIpc) is 3.19. The molecule has 0 aromatic rings. The van der Waals surface area contributed by atoms with E-state index in [0.29, 0.717) is 12.0 Å². The molecular formula is C17H32N2O2. The van der Waals surface area contributed by atoms with Crippen LogP contribution in [0.1, 0.15) is 72.1 Å². The lowest BCUT2D eigenvalue weighted by atomic mass is 10.1. The molecule has 2 saturated carbocycles. The van der Waals surface area contributed by atoms with E-state index < -0.39 is 5.60 Å². The highest BCUT2D eigenvalue weighted by Crippen LogP contribution is 2.32. The first-order chi connectivity index (χ1) is 9.94. The highest BCUT2D eigenvalue weighted by Gasteiger charge is 2.33. The third-order valence-corrected chi connectivity index (χ3v) is 4.37. The molecule has 122 valence electrons. The maximum atomic E-state index is 11.9. The van der Waals surface area contributed by atoms with Crippen molar-refractivity contribution in [1.29, 1.82) is 0 Å². The number of ether oxygens (including phenoxy) is 1. The van der Waals surface area contributed by atoms with E-state index in [1.165, 1.54) is 51.4 Å². The van der Waals surface area contributed by atoms with Crippen molar-refractivity contribution in [3.8, 4) is 0 Å². The quantitative estimate of drug-likeness (QED) is 0.762. The number of amides is 1. The van der Waals surface area contributed by atoms with Crippen LogP contribution in [0.25, 0.3) is 0 Å². The first kappa shape index (κ1) is 16.6. The summed E-state index contributed by atoms with van der Waals surface area (Å²) in [6.45, 7) is 6.60. The van der Waals surface area contributed by atoms with Gasteiger partial charge < -0.3 is 15.4 Å². The van der Waals surface area contributed by atoms with Crippen LogP contribution < -0.4 is 10.6 Å². The fourth-order valence-corrected chi connectivity index (χ4v) is 3.07. The minimum Gasteiger partial charge on any atom is -0.444 e. The highest BCUT2D eigenvalue weighted by molar-refractivity contribution is 5.68. The Balaban J connectivity index is 1.75. The van der Waals surface area contributed by atoms with Crippen LogP contribution >= 0.6 is 0 Å². The average molecular weight is 296 g/mol. The van der Waals surface area contributed by atoms with Gasteiger partial charge in [0.25, 0.3) is 0 Å². The third kappa shape index (κ3) is 6.68. The van der Waals surface area contributed by atoms with Gasteiger partial charge in [-0.3, -0.25) is 0 Å². The zero-order chi connectivity index (χ0) is 15.3. The predicted octanol–water partition coefficient (Wildman–Crippen LogP) is 3.60. The fraction of sp³-hybridized carbons (Fsp3) is 0.941. The standard InChI is InChI=1S/C17H32N2O2/c1-17(2,3)21-16(20)19-15(13-10-11-13)12-18-14-8-6-4-5-7-9-14/h13-15,18H,4-12H2,1-3H3,(H,19,20). The summed E-state index contributed by atoms with van der Waals surface area (Å²) in [5, 5.41) is 6.75. The molecule has 2 aliphatic carbocycles. The molecule has 0 heterocycles. The molecule has 1 unspecified atom stereocenters. The molecule has 2 aliphatic rings. The first-order valence-electron chi connectivity index (χ1n) is 8.67. The predicted molar refractivity (Wildman–Crippen MR) is 85.4 cm³/mol. The molecule has 1 amide bonds. The summed E-state index contributed by atoms with van der Waals surface area (Å²) in [5.74, 6) is 0.635. The molecule has 0 saturated heterocycles. The van der Waals surface area contributed by atoms with Gasteiger partial charge in [-0.05, 0) is 52.4 Å². The molecule has 21 heavy (non-hydrogen) atoms. The van der Waals surface area contributed by atoms with E-state index >= 15 is 0 Å². The van der Waals surface area contributed by atoms with Crippen LogP contribution in [0.3, 0.4) is 0 Å². The van der Waals surface area contributed by atoms with E-state index in [9.17, 15) is 4.79 Å². The molecule has 0 aromatic carbocycles. The Hall–Kier alpha value is -0.770. The van der Waals surface area contributed by atoms with Crippen LogP contribution in [0.5, 0.6) is 0 Å². The summed E-state index contributed by atoms with van der Waals surface area (Å²) in [7, 11) is 0. The lowest BCUT2D eigenvalue weighted by molar-refractivity contribution is 0.0496. The van der Waals surface area contributed by atoms with Crippen molar-refractivity contribution in [2.75, 3.05) is 6.54 Å². The Morgan fingerprint density at radius 3 is 2.24 bits per heavy atom. The van der Waals surface area contributed by atoms with Gasteiger partial charge in [0.2, 0.25) is 0 Å². The van der Waals surface area contributed by atoms with Crippen LogP contribution in [0.15, 0.2) is 0 Å². The molecular weight excluding hydrogens is 264 g/mol. The summed E-state index contributed by atoms with van der Waals surface area (Å²) in [4.78, 5) is 11.9. The molecule has 0 spiro atoms. The Labute approximate surface area is 129 Å². The van der Waals surface area contributed by atoms with Gasteiger partial charge in [-0.1, -0.05) is 25.7 Å². The van der Waals surface area contributed by atoms with Gasteiger partial charge in [0.1, 0.15) is 5.60 Å². The number of hydrogen-bond donors (Lipinski definition) is 2. The lowest BCUT2D eigenvalue weighted by Crippen LogP contribution is -2.47. The van der Waals surface area contributed by atoms with Gasteiger partial charge in [-0.25, -0.2) is 4.79 Å². The Morgan fingerprint density at radius 2 is 1.71 bits per heavy atom. The molecule has 2 fully saturated rings. The Kier molecular flexibility index (Phi) is 5.91. The van der Waals surface area contributed by atoms with E-state index in [4.69, 9.17) is 4.74 Å². The zero-order valence-corrected chi connectivity index (χ0v) is 13.9. The number of rotatable bonds is 5. The molecule has 2 rings (SSSR count). The van der Waals surface area contributed by atoms with Crippen LogP contribution in [0.4, 0.5) is 4.79 Å². The summed E-state index contributed by atoms with van der Waals surface area (Å²) in [5.41, 5.74) is -0.424. The summed E-state index contributed by atoms with van der Waals surface area (Å²) in [6, 6.07) is 0.859. The van der Waals surface area contributed by atoms with E-state index in [1.807, 2.05) is 20.8 Å². The molecule has 1 atom stereocenters. The number of carbonyl (C=O) groups is 1. The van der Waals surface area contributed by atoms with Gasteiger partial charge >= 0.3 is 6.09 Å². The van der Waals surface area contributed by atoms with Crippen molar-refractivity contribution >= 4 is 6.09 Å². The maximum Gasteiger partial charge on any atom is 0.407 e. The molecule has 4 heteroatoms. The number of carbonyl (C=O) groups excluding carboxylic acids is 1. The van der Waals surface area contributed by atoms with Crippen molar-refractivity contribution in [1.82, 2.24) is 10.6 Å². The van der Waals surface area contributed by atoms with Crippen LogP contribution in [0, 0.1) is 5.92 Å². The minimum absolute atomic E-state index is 0.225. The third-order valence-electron chi connectivity index (χ3n) is 4.37. The smallest absolute Gasteiger partial charge is 0.407 e. The number of alkyl carbamates (subject to hydrolysis) is 1. The minimum atomic E-state index is -0.424. The summed E-state index contributed by atoms with van der Waals surface area (Å²) < 4.78 is 5.38. The Bertz CT molecular complexity index is 326. The normalized spacial score (nSPS) is 22.4. The Morgan fingerprint density at radius 1 is 1.10 bits per heavy atom. The molecule has 0 bridgehead atoms. The van der Waals surface area contributed by atoms with Gasteiger partial charge in [-0.2, -0.15) is 0 Å². The summed E-state index contributed by atoms with van der Waals surface area (Å²) in [6.07, 6.45) is 10.2. The second-order valence-electron chi connectivity index (χ2n) is 7.69. The second-order valence-corrected chi connectivity index (χ2v) is 7.69. The zero-order valence-electron chi connectivity index (χ0n) is 13.9. The van der Waals surface area contributed by atoms with Gasteiger partial charge in [-0.15, -0.1) is 0 Å². The van der Waals surface area contributed by atoms with Gasteiger partial charge in [0.05, 0.1) is 0 Å². The van der Waals surface area contributed by atoms with Crippen LogP contribution in [-0.2, 0) is 4.74 Å². The fourth-order valence-electron chi connectivity index (χ4n) is 3.07. The highest BCUT2D eigenvalue weighted by atomic mass is 16.6. The van der Waals surface area contributed by atoms with E-state index in [1.54, 1.807) is 0 Å². The maximum absolute atomic E-state index is 11.9. The molecule has 0 aliphatic heterocycles. The van der Waals surface area contributed by atoms with Crippen LogP contribution in [0.2, 0.25) is 0 Å². The number of hydrogen-bond acceptors (Lipinski definition) is 3. The van der Waals surface area contributed by atoms with Crippen LogP contribution in [-0.4, -0.2) is 30.3 Å². The SMILES string of the molecule is CC(C)(C)OC(=O)NC(CNC1CCCCCC1)C1CC1. The van der Waals surface area contributed by atoms with Crippen molar-refractivity contribution in [2.24, 2.45) is 5.92 Å². The topological polar surface area (TPSA) is 50.4 Å². The van der Waals surface area contributed by atoms with Gasteiger partial charge in [0, 0.05) is 18.6 Å². The van der Waals surface area contributed by atoms with Crippen molar-refractivity contribution in [3.63, 3.8) is 0 Å². The molecule has 2 N–H and O–H groups in total. The molecule has 0 aromatic heterocycles. The van der Waals surface area contributed by atoms with Gasteiger partial charge in [0.15, 0.2) is 0 Å². The van der Waals surface area contributed by atoms with E-state index in [-0.39, 0.29) is 12.1 Å². The van der Waals surface area contributed by atoms with Crippen molar-refractivity contribution < 1.29 is 9.53 Å². The second kappa shape index (κ2) is 7.48. The largest absolute Gasteiger partial charge is 0.444 e. The van der Waals surface area contributed by atoms with Crippen molar-refractivity contribution in [2.45, 2.75) is 89.8 Å². The van der Waals surface area contributed by atoms with Crippen molar-refractivity contribution in [3.05, 3.63) is 0 Å². The lowest BCUT2D eigenvalue weighted by Gasteiger charge is -2.25. The monoisotopic (exact) mass is 296 g/mol. The van der Waals surface area contributed by atoms with E-state index in [0.717, 1.165) is 6.54 Å².